The first-order valence-corrected chi connectivity index (χ1v) is 7.74. The minimum Gasteiger partial charge on any atom is -0.298 e. The molecule has 106 valence electrons. The van der Waals surface area contributed by atoms with Crippen molar-refractivity contribution in [1.29, 1.82) is 5.26 Å². The lowest BCUT2D eigenvalue weighted by molar-refractivity contribution is 0.0110. The lowest BCUT2D eigenvalue weighted by Crippen LogP contribution is -2.58. The largest absolute Gasteiger partial charge is 0.298 e. The maximum Gasteiger partial charge on any atom is 0.0995 e. The molecule has 3 heteroatoms. The zero-order valence-corrected chi connectivity index (χ0v) is 12.3. The maximum absolute atomic E-state index is 9.22. The molecule has 0 aromatic heterocycles. The third-order valence-electron chi connectivity index (χ3n) is 4.83. The van der Waals surface area contributed by atoms with Crippen LogP contribution in [0, 0.1) is 11.3 Å². The summed E-state index contributed by atoms with van der Waals surface area (Å²) in [6.45, 7) is 6.84. The van der Waals surface area contributed by atoms with E-state index in [2.05, 4.69) is 28.9 Å². The van der Waals surface area contributed by atoms with E-state index in [0.717, 1.165) is 24.7 Å². The summed E-state index contributed by atoms with van der Waals surface area (Å²) in [7, 11) is 0. The Balaban J connectivity index is 1.72. The molecule has 0 saturated carbocycles. The van der Waals surface area contributed by atoms with Crippen LogP contribution in [-0.4, -0.2) is 41.5 Å². The van der Waals surface area contributed by atoms with Gasteiger partial charge in [0, 0.05) is 31.7 Å². The molecule has 2 atom stereocenters. The molecule has 0 amide bonds. The Hall–Kier alpha value is -1.37. The van der Waals surface area contributed by atoms with E-state index >= 15 is 0 Å². The number of nitrogens with zero attached hydrogens (tertiary/aromatic N) is 3. The molecule has 0 aliphatic carbocycles. The molecule has 20 heavy (non-hydrogen) atoms. The van der Waals surface area contributed by atoms with Crippen LogP contribution < -0.4 is 0 Å². The summed E-state index contributed by atoms with van der Waals surface area (Å²) in [5.74, 6) is 0. The topological polar surface area (TPSA) is 30.3 Å². The van der Waals surface area contributed by atoms with E-state index in [1.54, 1.807) is 0 Å². The molecule has 2 aliphatic heterocycles. The second kappa shape index (κ2) is 5.95. The Bertz CT molecular complexity index is 505. The van der Waals surface area contributed by atoms with Gasteiger partial charge in [-0.15, -0.1) is 0 Å². The SMILES string of the molecule is CC1CN2CCCCC2CN1Cc1ccccc1C#N. The lowest BCUT2D eigenvalue weighted by Gasteiger charge is -2.47. The Labute approximate surface area is 121 Å². The molecule has 3 rings (SSSR count). The zero-order chi connectivity index (χ0) is 13.9. The molecule has 2 heterocycles. The van der Waals surface area contributed by atoms with Gasteiger partial charge in [0.2, 0.25) is 0 Å². The molecule has 3 nitrogen and oxygen atoms in total. The fourth-order valence-electron chi connectivity index (χ4n) is 3.62. The molecule has 0 radical (unpaired) electrons. The predicted molar refractivity (Wildman–Crippen MR) is 80.2 cm³/mol. The van der Waals surface area contributed by atoms with Crippen molar-refractivity contribution >= 4 is 0 Å². The number of benzene rings is 1. The highest BCUT2D eigenvalue weighted by molar-refractivity contribution is 5.37. The molecule has 2 saturated heterocycles. The van der Waals surface area contributed by atoms with Crippen LogP contribution in [0.3, 0.4) is 0 Å². The van der Waals surface area contributed by atoms with Crippen molar-refractivity contribution in [2.75, 3.05) is 19.6 Å². The minimum absolute atomic E-state index is 0.580. The van der Waals surface area contributed by atoms with E-state index in [1.165, 1.54) is 37.9 Å². The minimum atomic E-state index is 0.580. The van der Waals surface area contributed by atoms with Crippen LogP contribution in [0.2, 0.25) is 0 Å². The van der Waals surface area contributed by atoms with E-state index in [0.29, 0.717) is 6.04 Å². The van der Waals surface area contributed by atoms with E-state index in [-0.39, 0.29) is 0 Å². The van der Waals surface area contributed by atoms with Gasteiger partial charge in [0.05, 0.1) is 11.6 Å². The van der Waals surface area contributed by atoms with Crippen molar-refractivity contribution < 1.29 is 0 Å². The Morgan fingerprint density at radius 1 is 1.25 bits per heavy atom. The summed E-state index contributed by atoms with van der Waals surface area (Å²) in [6, 6.07) is 11.6. The Kier molecular flexibility index (Phi) is 4.05. The number of nitriles is 1. The predicted octanol–water partition coefficient (Wildman–Crippen LogP) is 2.62. The molecule has 0 spiro atoms. The summed E-state index contributed by atoms with van der Waals surface area (Å²) >= 11 is 0. The van der Waals surface area contributed by atoms with Gasteiger partial charge in [-0.1, -0.05) is 24.6 Å². The fourth-order valence-corrected chi connectivity index (χ4v) is 3.62. The first kappa shape index (κ1) is 13.6. The van der Waals surface area contributed by atoms with Gasteiger partial charge in [-0.2, -0.15) is 5.26 Å². The maximum atomic E-state index is 9.22. The van der Waals surface area contributed by atoms with E-state index in [9.17, 15) is 5.26 Å². The second-order valence-electron chi connectivity index (χ2n) is 6.19. The van der Waals surface area contributed by atoms with E-state index < -0.39 is 0 Å². The quantitative estimate of drug-likeness (QED) is 0.827. The first-order valence-electron chi connectivity index (χ1n) is 7.74. The van der Waals surface area contributed by atoms with Crippen molar-refractivity contribution in [2.24, 2.45) is 0 Å². The van der Waals surface area contributed by atoms with Gasteiger partial charge in [-0.05, 0) is 37.9 Å². The highest BCUT2D eigenvalue weighted by Crippen LogP contribution is 2.25. The first-order chi connectivity index (χ1) is 9.78. The average Bonchev–Trinajstić information content (AvgIpc) is 2.48. The highest BCUT2D eigenvalue weighted by Gasteiger charge is 2.32. The van der Waals surface area contributed by atoms with Crippen LogP contribution in [0.4, 0.5) is 0 Å². The van der Waals surface area contributed by atoms with Crippen molar-refractivity contribution in [3.8, 4) is 6.07 Å². The number of hydrogen-bond donors (Lipinski definition) is 0. The van der Waals surface area contributed by atoms with Crippen molar-refractivity contribution in [1.82, 2.24) is 9.80 Å². The summed E-state index contributed by atoms with van der Waals surface area (Å²) in [5, 5.41) is 9.22. The average molecular weight is 269 g/mol. The summed E-state index contributed by atoms with van der Waals surface area (Å²) in [4.78, 5) is 5.23. The Morgan fingerprint density at radius 2 is 2.10 bits per heavy atom. The van der Waals surface area contributed by atoms with Crippen LogP contribution in [0.1, 0.15) is 37.3 Å². The van der Waals surface area contributed by atoms with Crippen LogP contribution in [0.15, 0.2) is 24.3 Å². The zero-order valence-electron chi connectivity index (χ0n) is 12.3. The number of fused-ring (bicyclic) bond motifs is 1. The number of piperidine rings is 1. The Morgan fingerprint density at radius 3 is 2.95 bits per heavy atom. The van der Waals surface area contributed by atoms with Gasteiger partial charge < -0.3 is 0 Å². The van der Waals surface area contributed by atoms with E-state index in [4.69, 9.17) is 0 Å². The molecule has 2 unspecified atom stereocenters. The molecule has 2 aliphatic rings. The second-order valence-corrected chi connectivity index (χ2v) is 6.19. The number of rotatable bonds is 2. The van der Waals surface area contributed by atoms with Crippen LogP contribution >= 0.6 is 0 Å². The van der Waals surface area contributed by atoms with Gasteiger partial charge in [0.1, 0.15) is 0 Å². The fraction of sp³-hybridized carbons (Fsp3) is 0.588. The van der Waals surface area contributed by atoms with E-state index in [1.807, 2.05) is 18.2 Å². The van der Waals surface area contributed by atoms with Gasteiger partial charge in [0.25, 0.3) is 0 Å². The monoisotopic (exact) mass is 269 g/mol. The highest BCUT2D eigenvalue weighted by atomic mass is 15.3. The van der Waals surface area contributed by atoms with Gasteiger partial charge in [0.15, 0.2) is 0 Å². The molecular weight excluding hydrogens is 246 g/mol. The summed E-state index contributed by atoms with van der Waals surface area (Å²) < 4.78 is 0. The molecule has 0 N–H and O–H groups in total. The van der Waals surface area contributed by atoms with Gasteiger partial charge in [-0.3, -0.25) is 9.80 Å². The number of hydrogen-bond acceptors (Lipinski definition) is 3. The third-order valence-corrected chi connectivity index (χ3v) is 4.83. The lowest BCUT2D eigenvalue weighted by atomic mass is 9.96. The normalized spacial score (nSPS) is 27.8. The molecular formula is C17H23N3. The number of piperazine rings is 1. The molecule has 2 fully saturated rings. The van der Waals surface area contributed by atoms with Crippen LogP contribution in [0.5, 0.6) is 0 Å². The third kappa shape index (κ3) is 2.72. The molecule has 1 aromatic carbocycles. The molecule has 0 bridgehead atoms. The van der Waals surface area contributed by atoms with Crippen molar-refractivity contribution in [3.05, 3.63) is 35.4 Å². The van der Waals surface area contributed by atoms with Crippen LogP contribution in [-0.2, 0) is 6.54 Å². The molecule has 1 aromatic rings. The smallest absolute Gasteiger partial charge is 0.0995 e. The van der Waals surface area contributed by atoms with Gasteiger partial charge in [-0.25, -0.2) is 0 Å². The van der Waals surface area contributed by atoms with Crippen molar-refractivity contribution in [2.45, 2.75) is 44.8 Å². The van der Waals surface area contributed by atoms with Crippen LogP contribution in [0.25, 0.3) is 0 Å². The van der Waals surface area contributed by atoms with Crippen molar-refractivity contribution in [3.63, 3.8) is 0 Å². The van der Waals surface area contributed by atoms with Gasteiger partial charge >= 0.3 is 0 Å². The summed E-state index contributed by atoms with van der Waals surface area (Å²) in [5.41, 5.74) is 2.00. The standard InChI is InChI=1S/C17H23N3/c1-14-11-19-9-5-4-8-17(19)13-20(14)12-16-7-3-2-6-15(16)10-18/h2-3,6-7,14,17H,4-5,8-9,11-13H2,1H3. The summed E-state index contributed by atoms with van der Waals surface area (Å²) in [6.07, 6.45) is 4.07.